The number of nitrogens with zero attached hydrogens (tertiary/aromatic N) is 2. The lowest BCUT2D eigenvalue weighted by molar-refractivity contribution is -0.130. The maximum Gasteiger partial charge on any atom is 0.145 e. The first-order chi connectivity index (χ1) is 10.0. The van der Waals surface area contributed by atoms with Crippen molar-refractivity contribution < 1.29 is 4.79 Å². The molecular weight excluding hydrogens is 330 g/mol. The summed E-state index contributed by atoms with van der Waals surface area (Å²) in [6.45, 7) is 6.17. The monoisotopic (exact) mass is 355 g/mol. The summed E-state index contributed by atoms with van der Waals surface area (Å²) in [6, 6.07) is 0. The van der Waals surface area contributed by atoms with Crippen molar-refractivity contribution in [1.29, 1.82) is 0 Å². The van der Waals surface area contributed by atoms with Crippen molar-refractivity contribution in [2.24, 2.45) is 12.5 Å². The molecule has 0 saturated carbocycles. The van der Waals surface area contributed by atoms with Gasteiger partial charge in [0.15, 0.2) is 0 Å². The number of carbonyl (C=O) groups is 1. The summed E-state index contributed by atoms with van der Waals surface area (Å²) in [5, 5.41) is 7.87. The molecule has 0 spiro atoms. The Morgan fingerprint density at radius 3 is 2.57 bits per heavy atom. The lowest BCUT2D eigenvalue weighted by atomic mass is 9.71. The normalized spacial score (nSPS) is 17.9. The first-order valence-corrected chi connectivity index (χ1v) is 8.77. The summed E-state index contributed by atoms with van der Waals surface area (Å²) >= 11 is 3.62. The average Bonchev–Trinajstić information content (AvgIpc) is 2.76. The molecule has 2 rings (SSSR count). The number of rotatable bonds is 6. The fourth-order valence-corrected chi connectivity index (χ4v) is 4.16. The van der Waals surface area contributed by atoms with Crippen LogP contribution in [-0.2, 0) is 24.7 Å². The molecule has 1 aliphatic heterocycles. The number of hydrogen-bond donors (Lipinski definition) is 1. The van der Waals surface area contributed by atoms with Crippen LogP contribution < -0.4 is 5.32 Å². The highest BCUT2D eigenvalue weighted by Gasteiger charge is 2.38. The van der Waals surface area contributed by atoms with Crippen molar-refractivity contribution >= 4 is 21.7 Å². The summed E-state index contributed by atoms with van der Waals surface area (Å²) < 4.78 is 2.88. The first-order valence-electron chi connectivity index (χ1n) is 7.98. The molecule has 0 aromatic carbocycles. The molecule has 5 heteroatoms. The second kappa shape index (κ2) is 7.05. The van der Waals surface area contributed by atoms with Crippen LogP contribution in [0.5, 0.6) is 0 Å². The Bertz CT molecular complexity index is 498. The van der Waals surface area contributed by atoms with Gasteiger partial charge in [-0.1, -0.05) is 20.3 Å². The number of carbonyl (C=O) groups excluding carboxylic acids is 1. The van der Waals surface area contributed by atoms with E-state index in [9.17, 15) is 4.79 Å². The molecule has 0 amide bonds. The predicted molar refractivity (Wildman–Crippen MR) is 88.4 cm³/mol. The molecule has 1 aromatic heterocycles. The van der Waals surface area contributed by atoms with Crippen LogP contribution in [0, 0.1) is 5.41 Å². The lowest BCUT2D eigenvalue weighted by Gasteiger charge is -2.36. The van der Waals surface area contributed by atoms with Gasteiger partial charge in [-0.2, -0.15) is 5.10 Å². The third-order valence-electron chi connectivity index (χ3n) is 4.71. The Kier molecular flexibility index (Phi) is 5.60. The highest BCUT2D eigenvalue weighted by atomic mass is 79.9. The molecule has 4 nitrogen and oxygen atoms in total. The van der Waals surface area contributed by atoms with Gasteiger partial charge in [0.1, 0.15) is 5.78 Å². The van der Waals surface area contributed by atoms with Crippen LogP contribution in [0.3, 0.4) is 0 Å². The summed E-state index contributed by atoms with van der Waals surface area (Å²) in [5.74, 6) is 0.386. The van der Waals surface area contributed by atoms with E-state index >= 15 is 0 Å². The van der Waals surface area contributed by atoms with E-state index in [1.807, 2.05) is 11.7 Å². The van der Waals surface area contributed by atoms with E-state index < -0.39 is 0 Å². The van der Waals surface area contributed by atoms with E-state index in [2.05, 4.69) is 40.2 Å². The Balaban J connectivity index is 2.21. The zero-order valence-electron chi connectivity index (χ0n) is 13.3. The molecule has 0 unspecified atom stereocenters. The highest BCUT2D eigenvalue weighted by Crippen LogP contribution is 2.37. The van der Waals surface area contributed by atoms with E-state index in [4.69, 9.17) is 0 Å². The van der Waals surface area contributed by atoms with Crippen LogP contribution in [0.25, 0.3) is 0 Å². The molecule has 1 N–H and O–H groups in total. The number of piperidine rings is 1. The maximum absolute atomic E-state index is 13.0. The van der Waals surface area contributed by atoms with Crippen LogP contribution in [0.15, 0.2) is 4.47 Å². The number of hydrogen-bond acceptors (Lipinski definition) is 3. The smallest absolute Gasteiger partial charge is 0.145 e. The molecule has 2 heterocycles. The molecular formula is C16H26BrN3O. The van der Waals surface area contributed by atoms with Gasteiger partial charge in [-0.25, -0.2) is 0 Å². The Labute approximate surface area is 135 Å². The number of aryl methyl sites for hydroxylation is 2. The SMILES string of the molecule is CCCC1(C(=O)Cc2c(Br)c(CC)nn2C)CCNCC1. The van der Waals surface area contributed by atoms with Gasteiger partial charge < -0.3 is 5.32 Å². The van der Waals surface area contributed by atoms with Gasteiger partial charge in [-0.05, 0) is 54.7 Å². The van der Waals surface area contributed by atoms with Crippen LogP contribution in [0.1, 0.15) is 50.9 Å². The molecule has 1 aromatic rings. The number of halogens is 1. The van der Waals surface area contributed by atoms with Gasteiger partial charge >= 0.3 is 0 Å². The number of Topliss-reactive ketones (excluding diaryl/α,β-unsaturated/α-hetero) is 1. The fourth-order valence-electron chi connectivity index (χ4n) is 3.40. The van der Waals surface area contributed by atoms with Crippen molar-refractivity contribution in [3.05, 3.63) is 15.9 Å². The van der Waals surface area contributed by atoms with Gasteiger partial charge in [0.05, 0.1) is 22.3 Å². The zero-order chi connectivity index (χ0) is 15.5. The summed E-state index contributed by atoms with van der Waals surface area (Å²) in [6.07, 6.45) is 5.38. The topological polar surface area (TPSA) is 46.9 Å². The Morgan fingerprint density at radius 2 is 2.05 bits per heavy atom. The van der Waals surface area contributed by atoms with Crippen LogP contribution in [-0.4, -0.2) is 28.7 Å². The zero-order valence-corrected chi connectivity index (χ0v) is 14.9. The lowest BCUT2D eigenvalue weighted by Crippen LogP contribution is -2.43. The molecule has 118 valence electrons. The van der Waals surface area contributed by atoms with Crippen molar-refractivity contribution in [3.63, 3.8) is 0 Å². The molecule has 0 bridgehead atoms. The number of ketones is 1. The van der Waals surface area contributed by atoms with Gasteiger partial charge in [-0.3, -0.25) is 9.48 Å². The van der Waals surface area contributed by atoms with Gasteiger partial charge in [-0.15, -0.1) is 0 Å². The standard InChI is InChI=1S/C16H26BrN3O/c1-4-6-16(7-9-18-10-8-16)14(21)11-13-15(17)12(5-2)19-20(13)3/h18H,4-11H2,1-3H3. The minimum Gasteiger partial charge on any atom is -0.317 e. The molecule has 1 fully saturated rings. The predicted octanol–water partition coefficient (Wildman–Crippen LogP) is 3.03. The van der Waals surface area contributed by atoms with E-state index in [0.29, 0.717) is 12.2 Å². The van der Waals surface area contributed by atoms with Gasteiger partial charge in [0.25, 0.3) is 0 Å². The summed E-state index contributed by atoms with van der Waals surface area (Å²) in [4.78, 5) is 13.0. The molecule has 0 atom stereocenters. The highest BCUT2D eigenvalue weighted by molar-refractivity contribution is 9.10. The minimum absolute atomic E-state index is 0.129. The molecule has 0 radical (unpaired) electrons. The molecule has 21 heavy (non-hydrogen) atoms. The second-order valence-electron chi connectivity index (χ2n) is 6.06. The number of aromatic nitrogens is 2. The maximum atomic E-state index is 13.0. The molecule has 1 aliphatic rings. The molecule has 0 aliphatic carbocycles. The minimum atomic E-state index is -0.129. The van der Waals surface area contributed by atoms with Crippen LogP contribution >= 0.6 is 15.9 Å². The fraction of sp³-hybridized carbons (Fsp3) is 0.750. The van der Waals surface area contributed by atoms with E-state index in [0.717, 1.165) is 61.1 Å². The van der Waals surface area contributed by atoms with Gasteiger partial charge in [0.2, 0.25) is 0 Å². The van der Waals surface area contributed by atoms with Gasteiger partial charge in [0, 0.05) is 12.5 Å². The van der Waals surface area contributed by atoms with Crippen molar-refractivity contribution in [2.75, 3.05) is 13.1 Å². The summed E-state index contributed by atoms with van der Waals surface area (Å²) in [5.41, 5.74) is 1.93. The third kappa shape index (κ3) is 3.39. The van der Waals surface area contributed by atoms with E-state index in [1.54, 1.807) is 0 Å². The average molecular weight is 356 g/mol. The molecule has 1 saturated heterocycles. The Morgan fingerprint density at radius 1 is 1.38 bits per heavy atom. The van der Waals surface area contributed by atoms with Crippen LogP contribution in [0.4, 0.5) is 0 Å². The van der Waals surface area contributed by atoms with Crippen molar-refractivity contribution in [3.8, 4) is 0 Å². The quantitative estimate of drug-likeness (QED) is 0.852. The third-order valence-corrected chi connectivity index (χ3v) is 5.63. The van der Waals surface area contributed by atoms with E-state index in [1.165, 1.54) is 0 Å². The Hall–Kier alpha value is -0.680. The summed E-state index contributed by atoms with van der Waals surface area (Å²) in [7, 11) is 1.93. The largest absolute Gasteiger partial charge is 0.317 e. The van der Waals surface area contributed by atoms with Crippen molar-refractivity contribution in [2.45, 2.75) is 52.4 Å². The first kappa shape index (κ1) is 16.7. The van der Waals surface area contributed by atoms with E-state index in [-0.39, 0.29) is 5.41 Å². The van der Waals surface area contributed by atoms with Crippen molar-refractivity contribution in [1.82, 2.24) is 15.1 Å². The van der Waals surface area contributed by atoms with Crippen LogP contribution in [0.2, 0.25) is 0 Å². The number of nitrogens with one attached hydrogen (secondary N) is 1. The second-order valence-corrected chi connectivity index (χ2v) is 6.86.